The molecule has 0 aromatic heterocycles. The summed E-state index contributed by atoms with van der Waals surface area (Å²) in [6.45, 7) is 7.41. The van der Waals surface area contributed by atoms with Gasteiger partial charge in [-0.2, -0.15) is 0 Å². The number of nitrogens with zero attached hydrogens (tertiary/aromatic N) is 1. The van der Waals surface area contributed by atoms with Crippen LogP contribution in [0.1, 0.15) is 43.7 Å². The SMILES string of the molecule is CC1CCN(Cc2ccc(CNC(=O)C3CCCN3)cc2)CC1. The second-order valence-electron chi connectivity index (χ2n) is 7.14. The Morgan fingerprint density at radius 1 is 1.17 bits per heavy atom. The molecule has 2 aliphatic heterocycles. The van der Waals surface area contributed by atoms with Gasteiger partial charge in [0.2, 0.25) is 5.91 Å². The lowest BCUT2D eigenvalue weighted by molar-refractivity contribution is -0.122. The lowest BCUT2D eigenvalue weighted by Gasteiger charge is -2.30. The number of amides is 1. The predicted octanol–water partition coefficient (Wildman–Crippen LogP) is 2.29. The zero-order valence-electron chi connectivity index (χ0n) is 14.2. The molecular formula is C19H29N3O. The van der Waals surface area contributed by atoms with E-state index in [4.69, 9.17) is 0 Å². The van der Waals surface area contributed by atoms with E-state index >= 15 is 0 Å². The molecule has 2 N–H and O–H groups in total. The Morgan fingerprint density at radius 2 is 1.87 bits per heavy atom. The van der Waals surface area contributed by atoms with Crippen LogP contribution in [0, 0.1) is 5.92 Å². The predicted molar refractivity (Wildman–Crippen MR) is 93.0 cm³/mol. The molecule has 4 heteroatoms. The highest BCUT2D eigenvalue weighted by Crippen LogP contribution is 2.18. The minimum atomic E-state index is 0.00997. The molecule has 1 unspecified atom stereocenters. The van der Waals surface area contributed by atoms with Crippen molar-refractivity contribution in [3.8, 4) is 0 Å². The fraction of sp³-hybridized carbons (Fsp3) is 0.632. The van der Waals surface area contributed by atoms with Crippen molar-refractivity contribution in [3.63, 3.8) is 0 Å². The monoisotopic (exact) mass is 315 g/mol. The molecule has 1 aromatic rings. The number of piperidine rings is 1. The highest BCUT2D eigenvalue weighted by Gasteiger charge is 2.21. The molecule has 0 bridgehead atoms. The van der Waals surface area contributed by atoms with Gasteiger partial charge in [-0.25, -0.2) is 0 Å². The van der Waals surface area contributed by atoms with Crippen LogP contribution >= 0.6 is 0 Å². The molecule has 126 valence electrons. The molecule has 2 fully saturated rings. The Morgan fingerprint density at radius 3 is 2.52 bits per heavy atom. The standard InChI is InChI=1S/C19H29N3O/c1-15-8-11-22(12-9-15)14-17-6-4-16(5-7-17)13-21-19(23)18-3-2-10-20-18/h4-7,15,18,20H,2-3,8-14H2,1H3,(H,21,23). The zero-order valence-corrected chi connectivity index (χ0v) is 14.2. The Labute approximate surface area is 139 Å². The zero-order chi connectivity index (χ0) is 16.1. The second kappa shape index (κ2) is 7.93. The molecule has 2 heterocycles. The minimum Gasteiger partial charge on any atom is -0.351 e. The van der Waals surface area contributed by atoms with Gasteiger partial charge in [-0.15, -0.1) is 0 Å². The number of hydrogen-bond donors (Lipinski definition) is 2. The van der Waals surface area contributed by atoms with E-state index in [1.807, 2.05) is 0 Å². The molecule has 1 atom stereocenters. The van der Waals surface area contributed by atoms with E-state index in [0.717, 1.165) is 31.8 Å². The summed E-state index contributed by atoms with van der Waals surface area (Å²) in [6, 6.07) is 8.70. The van der Waals surface area contributed by atoms with Crippen molar-refractivity contribution in [1.82, 2.24) is 15.5 Å². The van der Waals surface area contributed by atoms with E-state index < -0.39 is 0 Å². The van der Waals surface area contributed by atoms with Gasteiger partial charge in [0.15, 0.2) is 0 Å². The summed E-state index contributed by atoms with van der Waals surface area (Å²) in [5.41, 5.74) is 2.54. The van der Waals surface area contributed by atoms with Crippen molar-refractivity contribution >= 4 is 5.91 Å². The van der Waals surface area contributed by atoms with Crippen LogP contribution < -0.4 is 10.6 Å². The van der Waals surface area contributed by atoms with Crippen molar-refractivity contribution in [2.24, 2.45) is 5.92 Å². The van der Waals surface area contributed by atoms with Gasteiger partial charge in [0.1, 0.15) is 0 Å². The molecule has 0 radical (unpaired) electrons. The average molecular weight is 315 g/mol. The van der Waals surface area contributed by atoms with Crippen molar-refractivity contribution in [2.45, 2.75) is 51.7 Å². The van der Waals surface area contributed by atoms with E-state index in [2.05, 4.69) is 46.7 Å². The smallest absolute Gasteiger partial charge is 0.237 e. The van der Waals surface area contributed by atoms with Gasteiger partial charge in [-0.3, -0.25) is 9.69 Å². The van der Waals surface area contributed by atoms with Crippen LogP contribution in [0.2, 0.25) is 0 Å². The maximum atomic E-state index is 12.0. The lowest BCUT2D eigenvalue weighted by atomic mass is 9.99. The van der Waals surface area contributed by atoms with Gasteiger partial charge in [0, 0.05) is 13.1 Å². The fourth-order valence-electron chi connectivity index (χ4n) is 3.46. The first-order valence-corrected chi connectivity index (χ1v) is 9.02. The van der Waals surface area contributed by atoms with Crippen molar-refractivity contribution < 1.29 is 4.79 Å². The minimum absolute atomic E-state index is 0.00997. The number of benzene rings is 1. The van der Waals surface area contributed by atoms with Crippen LogP contribution in [-0.4, -0.2) is 36.5 Å². The Kier molecular flexibility index (Phi) is 5.68. The average Bonchev–Trinajstić information content (AvgIpc) is 3.11. The van der Waals surface area contributed by atoms with E-state index in [-0.39, 0.29) is 11.9 Å². The number of likely N-dealkylation sites (tertiary alicyclic amines) is 1. The maximum Gasteiger partial charge on any atom is 0.237 e. The fourth-order valence-corrected chi connectivity index (χ4v) is 3.46. The van der Waals surface area contributed by atoms with Crippen LogP contribution in [0.25, 0.3) is 0 Å². The molecule has 0 saturated carbocycles. The highest BCUT2D eigenvalue weighted by molar-refractivity contribution is 5.81. The summed E-state index contributed by atoms with van der Waals surface area (Å²) in [4.78, 5) is 14.5. The van der Waals surface area contributed by atoms with Gasteiger partial charge < -0.3 is 10.6 Å². The topological polar surface area (TPSA) is 44.4 Å². The number of hydrogen-bond acceptors (Lipinski definition) is 3. The summed E-state index contributed by atoms with van der Waals surface area (Å²) in [5.74, 6) is 1.01. The van der Waals surface area contributed by atoms with Gasteiger partial charge in [0.05, 0.1) is 6.04 Å². The Hall–Kier alpha value is -1.39. The van der Waals surface area contributed by atoms with E-state index in [1.54, 1.807) is 0 Å². The van der Waals surface area contributed by atoms with Crippen LogP contribution in [0.5, 0.6) is 0 Å². The van der Waals surface area contributed by atoms with Crippen LogP contribution in [0.4, 0.5) is 0 Å². The number of nitrogens with one attached hydrogen (secondary N) is 2. The largest absolute Gasteiger partial charge is 0.351 e. The number of carbonyl (C=O) groups excluding carboxylic acids is 1. The van der Waals surface area contributed by atoms with Crippen LogP contribution in [-0.2, 0) is 17.9 Å². The first-order valence-electron chi connectivity index (χ1n) is 9.02. The summed E-state index contributed by atoms with van der Waals surface area (Å²) < 4.78 is 0. The Bertz CT molecular complexity index is 500. The first-order chi connectivity index (χ1) is 11.2. The number of carbonyl (C=O) groups is 1. The molecular weight excluding hydrogens is 286 g/mol. The van der Waals surface area contributed by atoms with E-state index in [1.165, 1.54) is 37.1 Å². The summed E-state index contributed by atoms with van der Waals surface area (Å²) in [6.07, 6.45) is 4.69. The molecule has 2 aliphatic rings. The highest BCUT2D eigenvalue weighted by atomic mass is 16.2. The quantitative estimate of drug-likeness (QED) is 0.876. The van der Waals surface area contributed by atoms with Crippen LogP contribution in [0.15, 0.2) is 24.3 Å². The van der Waals surface area contributed by atoms with Gasteiger partial charge in [-0.05, 0) is 62.4 Å². The van der Waals surface area contributed by atoms with Crippen LogP contribution in [0.3, 0.4) is 0 Å². The molecule has 0 spiro atoms. The van der Waals surface area contributed by atoms with Crippen molar-refractivity contribution in [3.05, 3.63) is 35.4 Å². The molecule has 23 heavy (non-hydrogen) atoms. The van der Waals surface area contributed by atoms with Crippen molar-refractivity contribution in [1.29, 1.82) is 0 Å². The van der Waals surface area contributed by atoms with Gasteiger partial charge in [-0.1, -0.05) is 31.2 Å². The first kappa shape index (κ1) is 16.5. The Balaban J connectivity index is 1.44. The van der Waals surface area contributed by atoms with E-state index in [9.17, 15) is 4.79 Å². The summed E-state index contributed by atoms with van der Waals surface area (Å²) in [5, 5.41) is 6.27. The van der Waals surface area contributed by atoms with Gasteiger partial charge in [0.25, 0.3) is 0 Å². The molecule has 0 aliphatic carbocycles. The third kappa shape index (κ3) is 4.79. The molecule has 1 aromatic carbocycles. The maximum absolute atomic E-state index is 12.0. The van der Waals surface area contributed by atoms with E-state index in [0.29, 0.717) is 6.54 Å². The number of rotatable bonds is 5. The lowest BCUT2D eigenvalue weighted by Crippen LogP contribution is -2.39. The summed E-state index contributed by atoms with van der Waals surface area (Å²) in [7, 11) is 0. The van der Waals surface area contributed by atoms with Gasteiger partial charge >= 0.3 is 0 Å². The van der Waals surface area contributed by atoms with Crippen molar-refractivity contribution in [2.75, 3.05) is 19.6 Å². The second-order valence-corrected chi connectivity index (χ2v) is 7.14. The summed E-state index contributed by atoms with van der Waals surface area (Å²) >= 11 is 0. The molecule has 2 saturated heterocycles. The molecule has 1 amide bonds. The third-order valence-corrected chi connectivity index (χ3v) is 5.15. The normalized spacial score (nSPS) is 23.1. The third-order valence-electron chi connectivity index (χ3n) is 5.15. The molecule has 3 rings (SSSR count). The molecule has 4 nitrogen and oxygen atoms in total.